The molecule has 0 fully saturated rings. The average molecular weight is 371 g/mol. The Morgan fingerprint density at radius 3 is 2.63 bits per heavy atom. The largest absolute Gasteiger partial charge is 0.493 e. The van der Waals surface area contributed by atoms with E-state index in [1.165, 1.54) is 7.11 Å². The zero-order valence-corrected chi connectivity index (χ0v) is 16.1. The lowest BCUT2D eigenvalue weighted by molar-refractivity contribution is -0.156. The summed E-state index contributed by atoms with van der Waals surface area (Å²) in [5, 5.41) is 0. The summed E-state index contributed by atoms with van der Waals surface area (Å²) in [4.78, 5) is 15.0. The molecule has 6 nitrogen and oxygen atoms in total. The lowest BCUT2D eigenvalue weighted by atomic mass is 10.1. The van der Waals surface area contributed by atoms with E-state index in [9.17, 15) is 4.79 Å². The molecule has 0 aliphatic rings. The van der Waals surface area contributed by atoms with Gasteiger partial charge in [-0.15, -0.1) is 0 Å². The molecule has 2 rings (SSSR count). The number of benzene rings is 1. The summed E-state index contributed by atoms with van der Waals surface area (Å²) >= 11 is 0. The Labute approximate surface area is 159 Å². The summed E-state index contributed by atoms with van der Waals surface area (Å²) in [5.74, 6) is 6.67. The minimum absolute atomic E-state index is 0.0914. The standard InChI is InChI=1S/C21H25NO5/c1-15(2)27-20(21(23)25-4)14-16-9-10-18(24-3)19(13-16)26-12-6-8-17-7-5-11-22-17/h5,7,9-11,13,15,20,22H,12,14H2,1-4H3. The van der Waals surface area contributed by atoms with Crippen molar-refractivity contribution >= 4 is 5.97 Å². The van der Waals surface area contributed by atoms with Crippen molar-refractivity contribution in [1.29, 1.82) is 0 Å². The smallest absolute Gasteiger partial charge is 0.335 e. The molecular weight excluding hydrogens is 346 g/mol. The molecular formula is C21H25NO5. The fraction of sp³-hybridized carbons (Fsp3) is 0.381. The van der Waals surface area contributed by atoms with Crippen molar-refractivity contribution in [3.63, 3.8) is 0 Å². The molecule has 0 aliphatic heterocycles. The van der Waals surface area contributed by atoms with Crippen LogP contribution in [0.15, 0.2) is 36.5 Å². The molecule has 0 radical (unpaired) electrons. The van der Waals surface area contributed by atoms with Crippen molar-refractivity contribution in [2.24, 2.45) is 0 Å². The average Bonchev–Trinajstić information content (AvgIpc) is 3.17. The number of hydrogen-bond donors (Lipinski definition) is 1. The van der Waals surface area contributed by atoms with E-state index in [1.54, 1.807) is 13.2 Å². The topological polar surface area (TPSA) is 69.8 Å². The highest BCUT2D eigenvalue weighted by Gasteiger charge is 2.22. The third-order valence-corrected chi connectivity index (χ3v) is 3.67. The Bertz CT molecular complexity index is 787. The number of hydrogen-bond acceptors (Lipinski definition) is 5. The molecule has 1 unspecified atom stereocenters. The Morgan fingerprint density at radius 1 is 1.19 bits per heavy atom. The molecule has 0 amide bonds. The molecule has 0 spiro atoms. The molecule has 2 aromatic rings. The lowest BCUT2D eigenvalue weighted by Gasteiger charge is -2.19. The van der Waals surface area contributed by atoms with Crippen molar-refractivity contribution in [2.45, 2.75) is 32.5 Å². The predicted molar refractivity (Wildman–Crippen MR) is 102 cm³/mol. The summed E-state index contributed by atoms with van der Waals surface area (Å²) in [6.07, 6.45) is 1.42. The quantitative estimate of drug-likeness (QED) is 0.571. The van der Waals surface area contributed by atoms with Crippen molar-refractivity contribution in [1.82, 2.24) is 4.98 Å². The summed E-state index contributed by atoms with van der Waals surface area (Å²) in [5.41, 5.74) is 1.70. The summed E-state index contributed by atoms with van der Waals surface area (Å²) in [7, 11) is 2.93. The lowest BCUT2D eigenvalue weighted by Crippen LogP contribution is -2.30. The maximum atomic E-state index is 12.0. The summed E-state index contributed by atoms with van der Waals surface area (Å²) in [6, 6.07) is 9.27. The van der Waals surface area contributed by atoms with E-state index in [2.05, 4.69) is 16.8 Å². The van der Waals surface area contributed by atoms with Gasteiger partial charge in [0.2, 0.25) is 0 Å². The number of ether oxygens (including phenoxy) is 4. The van der Waals surface area contributed by atoms with E-state index in [4.69, 9.17) is 18.9 Å². The van der Waals surface area contributed by atoms with Gasteiger partial charge in [0.15, 0.2) is 17.6 Å². The fourth-order valence-electron chi connectivity index (χ4n) is 2.48. The van der Waals surface area contributed by atoms with E-state index < -0.39 is 12.1 Å². The van der Waals surface area contributed by atoms with Crippen LogP contribution in [-0.4, -0.2) is 44.0 Å². The van der Waals surface area contributed by atoms with Gasteiger partial charge >= 0.3 is 5.97 Å². The van der Waals surface area contributed by atoms with Gasteiger partial charge in [0.05, 0.1) is 26.0 Å². The molecule has 0 saturated carbocycles. The first-order valence-electron chi connectivity index (χ1n) is 8.68. The van der Waals surface area contributed by atoms with Crippen LogP contribution in [0.3, 0.4) is 0 Å². The second kappa shape index (κ2) is 10.3. The van der Waals surface area contributed by atoms with Gasteiger partial charge in [-0.3, -0.25) is 0 Å². The molecule has 0 bridgehead atoms. The maximum absolute atomic E-state index is 12.0. The van der Waals surface area contributed by atoms with E-state index in [1.807, 2.05) is 44.3 Å². The fourth-order valence-corrected chi connectivity index (χ4v) is 2.48. The van der Waals surface area contributed by atoms with Gasteiger partial charge < -0.3 is 23.9 Å². The minimum Gasteiger partial charge on any atom is -0.493 e. The first-order valence-corrected chi connectivity index (χ1v) is 8.68. The number of nitrogens with one attached hydrogen (secondary N) is 1. The van der Waals surface area contributed by atoms with Crippen LogP contribution in [0.25, 0.3) is 0 Å². The van der Waals surface area contributed by atoms with E-state index in [0.29, 0.717) is 17.9 Å². The van der Waals surface area contributed by atoms with Gasteiger partial charge in [-0.1, -0.05) is 12.0 Å². The monoisotopic (exact) mass is 371 g/mol. The molecule has 0 aliphatic carbocycles. The van der Waals surface area contributed by atoms with E-state index in [-0.39, 0.29) is 12.7 Å². The molecule has 1 heterocycles. The van der Waals surface area contributed by atoms with E-state index in [0.717, 1.165) is 11.3 Å². The van der Waals surface area contributed by atoms with E-state index >= 15 is 0 Å². The molecule has 27 heavy (non-hydrogen) atoms. The first kappa shape index (κ1) is 20.4. The minimum atomic E-state index is -0.677. The van der Waals surface area contributed by atoms with Gasteiger partial charge in [-0.2, -0.15) is 0 Å². The van der Waals surface area contributed by atoms with Gasteiger partial charge in [0.1, 0.15) is 6.61 Å². The molecule has 6 heteroatoms. The zero-order valence-electron chi connectivity index (χ0n) is 16.1. The molecule has 1 aromatic carbocycles. The van der Waals surface area contributed by atoms with Crippen LogP contribution in [0, 0.1) is 11.8 Å². The van der Waals surface area contributed by atoms with Crippen LogP contribution in [0.4, 0.5) is 0 Å². The Hall–Kier alpha value is -2.91. The highest BCUT2D eigenvalue weighted by atomic mass is 16.6. The zero-order chi connectivity index (χ0) is 19.6. The second-order valence-electron chi connectivity index (χ2n) is 6.06. The SMILES string of the molecule is COC(=O)C(Cc1ccc(OC)c(OCC#Cc2ccc[nH]2)c1)OC(C)C. The molecule has 0 saturated heterocycles. The Balaban J connectivity index is 2.09. The van der Waals surface area contributed by atoms with Crippen molar-refractivity contribution in [2.75, 3.05) is 20.8 Å². The molecule has 1 aromatic heterocycles. The third kappa shape index (κ3) is 6.39. The number of methoxy groups -OCH3 is 2. The number of esters is 1. The van der Waals surface area contributed by atoms with Gasteiger partial charge in [0, 0.05) is 12.6 Å². The molecule has 1 N–H and O–H groups in total. The Morgan fingerprint density at radius 2 is 2.00 bits per heavy atom. The Kier molecular flexibility index (Phi) is 7.78. The van der Waals surface area contributed by atoms with Crippen molar-refractivity contribution in [3.05, 3.63) is 47.8 Å². The van der Waals surface area contributed by atoms with Gasteiger partial charge in [0.25, 0.3) is 0 Å². The number of aromatic nitrogens is 1. The van der Waals surface area contributed by atoms with Crippen LogP contribution in [0.2, 0.25) is 0 Å². The van der Waals surface area contributed by atoms with Crippen LogP contribution in [-0.2, 0) is 20.7 Å². The summed E-state index contributed by atoms with van der Waals surface area (Å²) in [6.45, 7) is 3.96. The van der Waals surface area contributed by atoms with Gasteiger partial charge in [-0.25, -0.2) is 4.79 Å². The van der Waals surface area contributed by atoms with Crippen LogP contribution in [0.5, 0.6) is 11.5 Å². The number of carbonyl (C=O) groups excluding carboxylic acids is 1. The van der Waals surface area contributed by atoms with Gasteiger partial charge in [-0.05, 0) is 49.6 Å². The third-order valence-electron chi connectivity index (χ3n) is 3.67. The number of carbonyl (C=O) groups is 1. The van der Waals surface area contributed by atoms with Crippen LogP contribution >= 0.6 is 0 Å². The molecule has 144 valence electrons. The predicted octanol–water partition coefficient (Wildman–Crippen LogP) is 2.96. The van der Waals surface area contributed by atoms with Crippen molar-refractivity contribution < 1.29 is 23.7 Å². The maximum Gasteiger partial charge on any atom is 0.335 e. The highest BCUT2D eigenvalue weighted by molar-refractivity contribution is 5.75. The number of aromatic amines is 1. The first-order chi connectivity index (χ1) is 13.0. The van der Waals surface area contributed by atoms with Crippen LogP contribution in [0.1, 0.15) is 25.1 Å². The normalized spacial score (nSPS) is 11.4. The van der Waals surface area contributed by atoms with Crippen molar-refractivity contribution in [3.8, 4) is 23.3 Å². The second-order valence-corrected chi connectivity index (χ2v) is 6.06. The highest BCUT2D eigenvalue weighted by Crippen LogP contribution is 2.29. The molecule has 1 atom stereocenters. The summed E-state index contributed by atoms with van der Waals surface area (Å²) < 4.78 is 21.6. The number of H-pyrrole nitrogens is 1. The number of rotatable bonds is 8. The van der Waals surface area contributed by atoms with Crippen LogP contribution < -0.4 is 9.47 Å².